The van der Waals surface area contributed by atoms with Crippen molar-refractivity contribution in [1.29, 1.82) is 0 Å². The highest BCUT2D eigenvalue weighted by molar-refractivity contribution is 8.00. The van der Waals surface area contributed by atoms with Crippen molar-refractivity contribution in [3.63, 3.8) is 0 Å². The predicted molar refractivity (Wildman–Crippen MR) is 68.3 cm³/mol. The Bertz CT molecular complexity index is 222. The van der Waals surface area contributed by atoms with E-state index in [9.17, 15) is 0 Å². The zero-order chi connectivity index (χ0) is 10.9. The van der Waals surface area contributed by atoms with E-state index in [1.165, 1.54) is 38.1 Å². The van der Waals surface area contributed by atoms with Crippen LogP contribution in [0.5, 0.6) is 0 Å². The molecule has 3 heteroatoms. The van der Waals surface area contributed by atoms with Crippen molar-refractivity contribution in [3.05, 3.63) is 0 Å². The molecule has 2 fully saturated rings. The first-order valence-electron chi connectivity index (χ1n) is 6.29. The highest BCUT2D eigenvalue weighted by Gasteiger charge is 2.46. The molecule has 0 amide bonds. The van der Waals surface area contributed by atoms with Gasteiger partial charge in [0.15, 0.2) is 0 Å². The summed E-state index contributed by atoms with van der Waals surface area (Å²) in [4.78, 5) is 2.70. The molecule has 0 spiro atoms. The molecule has 0 aromatic rings. The van der Waals surface area contributed by atoms with Gasteiger partial charge in [-0.25, -0.2) is 0 Å². The fourth-order valence-corrected chi connectivity index (χ4v) is 4.65. The van der Waals surface area contributed by atoms with Gasteiger partial charge in [-0.1, -0.05) is 20.3 Å². The summed E-state index contributed by atoms with van der Waals surface area (Å²) < 4.78 is 0. The lowest BCUT2D eigenvalue weighted by Crippen LogP contribution is -2.56. The molecule has 0 radical (unpaired) electrons. The molecule has 2 aliphatic heterocycles. The third-order valence-corrected chi connectivity index (χ3v) is 5.88. The van der Waals surface area contributed by atoms with Crippen molar-refractivity contribution in [2.24, 2.45) is 11.7 Å². The lowest BCUT2D eigenvalue weighted by Gasteiger charge is -2.41. The summed E-state index contributed by atoms with van der Waals surface area (Å²) in [6.07, 6.45) is 4.01. The lowest BCUT2D eigenvalue weighted by molar-refractivity contribution is 0.122. The van der Waals surface area contributed by atoms with Crippen molar-refractivity contribution in [2.45, 2.75) is 43.9 Å². The van der Waals surface area contributed by atoms with Crippen LogP contribution in [0.25, 0.3) is 0 Å². The fraction of sp³-hybridized carbons (Fsp3) is 1.00. The summed E-state index contributed by atoms with van der Waals surface area (Å²) >= 11 is 2.10. The molecule has 88 valence electrons. The largest absolute Gasteiger partial charge is 0.329 e. The van der Waals surface area contributed by atoms with Gasteiger partial charge in [0, 0.05) is 23.9 Å². The number of nitrogens with two attached hydrogens (primary N) is 1. The minimum Gasteiger partial charge on any atom is -0.329 e. The second kappa shape index (κ2) is 4.64. The number of likely N-dealkylation sites (tertiary alicyclic amines) is 1. The van der Waals surface area contributed by atoms with Crippen LogP contribution in [0.4, 0.5) is 0 Å². The Morgan fingerprint density at radius 3 is 2.80 bits per heavy atom. The second-order valence-electron chi connectivity index (χ2n) is 5.08. The Morgan fingerprint density at radius 1 is 1.53 bits per heavy atom. The third kappa shape index (κ3) is 1.94. The highest BCUT2D eigenvalue weighted by atomic mass is 32.2. The predicted octanol–water partition coefficient (Wildman–Crippen LogP) is 1.94. The van der Waals surface area contributed by atoms with E-state index in [1.54, 1.807) is 0 Å². The van der Waals surface area contributed by atoms with Gasteiger partial charge in [0.1, 0.15) is 0 Å². The number of rotatable bonds is 3. The van der Waals surface area contributed by atoms with Gasteiger partial charge in [-0.2, -0.15) is 11.8 Å². The van der Waals surface area contributed by atoms with E-state index in [0.29, 0.717) is 5.54 Å². The van der Waals surface area contributed by atoms with Crippen LogP contribution in [-0.4, -0.2) is 41.1 Å². The molecule has 3 atom stereocenters. The van der Waals surface area contributed by atoms with E-state index >= 15 is 0 Å². The van der Waals surface area contributed by atoms with E-state index in [0.717, 1.165) is 17.7 Å². The van der Waals surface area contributed by atoms with Crippen LogP contribution in [0.2, 0.25) is 0 Å². The molecule has 0 aromatic carbocycles. The number of hydrogen-bond acceptors (Lipinski definition) is 3. The molecule has 2 heterocycles. The normalized spacial score (nSPS) is 42.6. The van der Waals surface area contributed by atoms with Crippen LogP contribution in [-0.2, 0) is 0 Å². The fourth-order valence-electron chi connectivity index (χ4n) is 3.15. The molecule has 2 nitrogen and oxygen atoms in total. The Kier molecular flexibility index (Phi) is 3.63. The first-order chi connectivity index (χ1) is 7.23. The van der Waals surface area contributed by atoms with Crippen LogP contribution in [0.1, 0.15) is 33.1 Å². The first kappa shape index (κ1) is 11.7. The first-order valence-corrected chi connectivity index (χ1v) is 7.34. The summed E-state index contributed by atoms with van der Waals surface area (Å²) in [5.74, 6) is 2.22. The van der Waals surface area contributed by atoms with Crippen LogP contribution in [0.15, 0.2) is 0 Å². The van der Waals surface area contributed by atoms with Gasteiger partial charge >= 0.3 is 0 Å². The van der Waals surface area contributed by atoms with E-state index < -0.39 is 0 Å². The minimum absolute atomic E-state index is 0.328. The summed E-state index contributed by atoms with van der Waals surface area (Å²) in [5, 5.41) is 0.720. The van der Waals surface area contributed by atoms with Gasteiger partial charge in [0.2, 0.25) is 0 Å². The highest BCUT2D eigenvalue weighted by Crippen LogP contribution is 2.42. The van der Waals surface area contributed by atoms with Gasteiger partial charge in [-0.3, -0.25) is 4.90 Å². The molecule has 2 rings (SSSR count). The van der Waals surface area contributed by atoms with Crippen LogP contribution in [0, 0.1) is 5.92 Å². The molecule has 2 aliphatic rings. The summed E-state index contributed by atoms with van der Waals surface area (Å²) in [6.45, 7) is 8.09. The molecule has 0 aromatic heterocycles. The van der Waals surface area contributed by atoms with Gasteiger partial charge in [-0.15, -0.1) is 0 Å². The van der Waals surface area contributed by atoms with Gasteiger partial charge < -0.3 is 5.73 Å². The van der Waals surface area contributed by atoms with Crippen molar-refractivity contribution in [1.82, 2.24) is 4.90 Å². The topological polar surface area (TPSA) is 29.3 Å². The summed E-state index contributed by atoms with van der Waals surface area (Å²) in [5.41, 5.74) is 6.40. The van der Waals surface area contributed by atoms with Crippen LogP contribution >= 0.6 is 11.8 Å². The van der Waals surface area contributed by atoms with Crippen molar-refractivity contribution in [3.8, 4) is 0 Å². The molecule has 2 N–H and O–H groups in total. The summed E-state index contributed by atoms with van der Waals surface area (Å²) in [7, 11) is 0. The summed E-state index contributed by atoms with van der Waals surface area (Å²) in [6, 6.07) is 0. The molecule has 15 heavy (non-hydrogen) atoms. The number of nitrogens with zero attached hydrogens (tertiary/aromatic N) is 1. The lowest BCUT2D eigenvalue weighted by atomic mass is 9.90. The molecule has 3 unspecified atom stereocenters. The number of hydrogen-bond donors (Lipinski definition) is 1. The SMILES string of the molecule is CCC1CCN(C2(CN)CCSC2C)C1. The average Bonchev–Trinajstić information content (AvgIpc) is 2.84. The smallest absolute Gasteiger partial charge is 0.0455 e. The van der Waals surface area contributed by atoms with Gasteiger partial charge in [0.05, 0.1) is 0 Å². The maximum Gasteiger partial charge on any atom is 0.0455 e. The average molecular weight is 228 g/mol. The Morgan fingerprint density at radius 2 is 2.33 bits per heavy atom. The standard InChI is InChI=1S/C12H24N2S/c1-3-11-4-6-14(8-11)12(9-13)5-7-15-10(12)2/h10-11H,3-9,13H2,1-2H3. The maximum absolute atomic E-state index is 6.07. The van der Waals surface area contributed by atoms with Gasteiger partial charge in [0.25, 0.3) is 0 Å². The van der Waals surface area contributed by atoms with E-state index in [4.69, 9.17) is 5.73 Å². The van der Waals surface area contributed by atoms with Crippen molar-refractivity contribution < 1.29 is 0 Å². The van der Waals surface area contributed by atoms with Crippen LogP contribution in [0.3, 0.4) is 0 Å². The van der Waals surface area contributed by atoms with E-state index in [2.05, 4.69) is 30.5 Å². The zero-order valence-corrected chi connectivity index (χ0v) is 10.9. The van der Waals surface area contributed by atoms with Gasteiger partial charge in [-0.05, 0) is 31.1 Å². The second-order valence-corrected chi connectivity index (χ2v) is 6.53. The maximum atomic E-state index is 6.07. The molecular formula is C12H24N2S. The molecule has 0 bridgehead atoms. The Labute approximate surface area is 98.0 Å². The van der Waals surface area contributed by atoms with Crippen molar-refractivity contribution in [2.75, 3.05) is 25.4 Å². The number of thioether (sulfide) groups is 1. The van der Waals surface area contributed by atoms with E-state index in [1.807, 2.05) is 0 Å². The van der Waals surface area contributed by atoms with Crippen molar-refractivity contribution >= 4 is 11.8 Å². The molecule has 2 saturated heterocycles. The Hall–Kier alpha value is 0.270. The monoisotopic (exact) mass is 228 g/mol. The molecular weight excluding hydrogens is 204 g/mol. The quantitative estimate of drug-likeness (QED) is 0.800. The molecule has 0 aliphatic carbocycles. The van der Waals surface area contributed by atoms with Crippen LogP contribution < -0.4 is 5.73 Å². The Balaban J connectivity index is 2.07. The van der Waals surface area contributed by atoms with E-state index in [-0.39, 0.29) is 0 Å². The minimum atomic E-state index is 0.328. The third-order valence-electron chi connectivity index (χ3n) is 4.51. The molecule has 0 saturated carbocycles. The zero-order valence-electron chi connectivity index (χ0n) is 10.0.